The summed E-state index contributed by atoms with van der Waals surface area (Å²) in [5, 5.41) is 3.05. The van der Waals surface area contributed by atoms with Gasteiger partial charge in [-0.25, -0.2) is 4.98 Å². The first kappa shape index (κ1) is 12.3. The van der Waals surface area contributed by atoms with Crippen molar-refractivity contribution in [2.75, 3.05) is 19.0 Å². The second-order valence-electron chi connectivity index (χ2n) is 3.72. The predicted octanol–water partition coefficient (Wildman–Crippen LogP) is 0.636. The highest BCUT2D eigenvalue weighted by molar-refractivity contribution is 5.26. The van der Waals surface area contributed by atoms with Gasteiger partial charge >= 0.3 is 6.01 Å². The van der Waals surface area contributed by atoms with Crippen molar-refractivity contribution in [2.24, 2.45) is 7.05 Å². The van der Waals surface area contributed by atoms with Gasteiger partial charge in [0.15, 0.2) is 0 Å². The Hall–Kier alpha value is -2.18. The zero-order valence-electron chi connectivity index (χ0n) is 10.7. The van der Waals surface area contributed by atoms with Gasteiger partial charge in [-0.05, 0) is 6.92 Å². The van der Waals surface area contributed by atoms with E-state index in [4.69, 9.17) is 4.74 Å². The van der Waals surface area contributed by atoms with E-state index in [0.29, 0.717) is 24.2 Å². The lowest BCUT2D eigenvalue weighted by Gasteiger charge is -2.06. The van der Waals surface area contributed by atoms with Gasteiger partial charge in [0.1, 0.15) is 11.6 Å². The number of aryl methyl sites for hydroxylation is 1. The van der Waals surface area contributed by atoms with E-state index < -0.39 is 0 Å². The molecule has 0 amide bonds. The SMILES string of the molecule is CCNc1nc(Cc2nccn2C)nc(OC)n1. The molecule has 2 aromatic rings. The Kier molecular flexibility index (Phi) is 3.71. The quantitative estimate of drug-likeness (QED) is 0.836. The lowest BCUT2D eigenvalue weighted by molar-refractivity contribution is 0.376. The van der Waals surface area contributed by atoms with E-state index in [1.165, 1.54) is 7.11 Å². The van der Waals surface area contributed by atoms with Crippen molar-refractivity contribution < 1.29 is 4.74 Å². The van der Waals surface area contributed by atoms with Gasteiger partial charge in [-0.3, -0.25) is 0 Å². The maximum atomic E-state index is 5.06. The van der Waals surface area contributed by atoms with E-state index in [1.807, 2.05) is 24.7 Å². The zero-order chi connectivity index (χ0) is 13.0. The van der Waals surface area contributed by atoms with Crippen LogP contribution in [0.15, 0.2) is 12.4 Å². The number of nitrogens with zero attached hydrogens (tertiary/aromatic N) is 5. The van der Waals surface area contributed by atoms with Gasteiger partial charge in [-0.1, -0.05) is 0 Å². The van der Waals surface area contributed by atoms with Crippen molar-refractivity contribution in [3.05, 3.63) is 24.0 Å². The molecule has 7 heteroatoms. The van der Waals surface area contributed by atoms with E-state index in [9.17, 15) is 0 Å². The molecule has 0 spiro atoms. The van der Waals surface area contributed by atoms with Crippen LogP contribution in [0.4, 0.5) is 5.95 Å². The number of nitrogens with one attached hydrogen (secondary N) is 1. The van der Waals surface area contributed by atoms with Gasteiger partial charge < -0.3 is 14.6 Å². The Balaban J connectivity index is 2.26. The summed E-state index contributed by atoms with van der Waals surface area (Å²) in [6.45, 7) is 2.73. The highest BCUT2D eigenvalue weighted by Crippen LogP contribution is 2.10. The van der Waals surface area contributed by atoms with E-state index in [1.54, 1.807) is 6.20 Å². The molecule has 1 N–H and O–H groups in total. The number of anilines is 1. The normalized spacial score (nSPS) is 10.4. The highest BCUT2D eigenvalue weighted by Gasteiger charge is 2.09. The topological polar surface area (TPSA) is 77.8 Å². The van der Waals surface area contributed by atoms with Crippen LogP contribution in [0.1, 0.15) is 18.6 Å². The molecule has 2 heterocycles. The second kappa shape index (κ2) is 5.44. The fraction of sp³-hybridized carbons (Fsp3) is 0.455. The van der Waals surface area contributed by atoms with E-state index >= 15 is 0 Å². The van der Waals surface area contributed by atoms with E-state index in [0.717, 1.165) is 12.4 Å². The molecule has 7 nitrogen and oxygen atoms in total. The fourth-order valence-electron chi connectivity index (χ4n) is 1.51. The van der Waals surface area contributed by atoms with E-state index in [2.05, 4.69) is 25.3 Å². The second-order valence-corrected chi connectivity index (χ2v) is 3.72. The fourth-order valence-corrected chi connectivity index (χ4v) is 1.51. The molecule has 0 aliphatic heterocycles. The van der Waals surface area contributed by atoms with E-state index in [-0.39, 0.29) is 0 Å². The van der Waals surface area contributed by atoms with Crippen molar-refractivity contribution in [3.63, 3.8) is 0 Å². The van der Waals surface area contributed by atoms with Crippen molar-refractivity contribution in [3.8, 4) is 6.01 Å². The van der Waals surface area contributed by atoms with Gasteiger partial charge in [0.05, 0.1) is 13.5 Å². The molecular weight excluding hydrogens is 232 g/mol. The summed E-state index contributed by atoms with van der Waals surface area (Å²) in [7, 11) is 3.47. The standard InChI is InChI=1S/C11H16N6O/c1-4-12-10-14-8(15-11(16-10)18-3)7-9-13-5-6-17(9)2/h5-6H,4,7H2,1-3H3,(H,12,14,15,16). The molecule has 2 aromatic heterocycles. The minimum Gasteiger partial charge on any atom is -0.467 e. The van der Waals surface area contributed by atoms with Crippen LogP contribution in [0, 0.1) is 0 Å². The number of ether oxygens (including phenoxy) is 1. The smallest absolute Gasteiger partial charge is 0.321 e. The van der Waals surface area contributed by atoms with Crippen LogP contribution in [-0.2, 0) is 13.5 Å². The first-order chi connectivity index (χ1) is 8.72. The molecule has 0 atom stereocenters. The summed E-state index contributed by atoms with van der Waals surface area (Å²) >= 11 is 0. The van der Waals surface area contributed by atoms with Crippen LogP contribution >= 0.6 is 0 Å². The molecule has 0 saturated heterocycles. The number of rotatable bonds is 5. The zero-order valence-corrected chi connectivity index (χ0v) is 10.7. The van der Waals surface area contributed by atoms with Gasteiger partial charge in [0.25, 0.3) is 0 Å². The van der Waals surface area contributed by atoms with Crippen molar-refractivity contribution in [1.29, 1.82) is 0 Å². The molecular formula is C11H16N6O. The van der Waals surface area contributed by atoms with Crippen LogP contribution < -0.4 is 10.1 Å². The van der Waals surface area contributed by atoms with Gasteiger partial charge in [0.2, 0.25) is 5.95 Å². The molecule has 96 valence electrons. The van der Waals surface area contributed by atoms with Crippen LogP contribution in [0.5, 0.6) is 6.01 Å². The summed E-state index contributed by atoms with van der Waals surface area (Å²) in [6, 6.07) is 0.310. The Labute approximate surface area is 105 Å². The monoisotopic (exact) mass is 248 g/mol. The van der Waals surface area contributed by atoms with Crippen molar-refractivity contribution >= 4 is 5.95 Å². The third-order valence-corrected chi connectivity index (χ3v) is 2.42. The summed E-state index contributed by atoms with van der Waals surface area (Å²) in [5.41, 5.74) is 0. The Morgan fingerprint density at radius 1 is 1.33 bits per heavy atom. The maximum Gasteiger partial charge on any atom is 0.321 e. The Bertz CT molecular complexity index is 524. The lowest BCUT2D eigenvalue weighted by Crippen LogP contribution is -2.09. The summed E-state index contributed by atoms with van der Waals surface area (Å²) < 4.78 is 7.00. The number of methoxy groups -OCH3 is 1. The van der Waals surface area contributed by atoms with Crippen molar-refractivity contribution in [2.45, 2.75) is 13.3 Å². The molecule has 0 aliphatic rings. The van der Waals surface area contributed by atoms with Gasteiger partial charge in [-0.15, -0.1) is 0 Å². The molecule has 0 aromatic carbocycles. The van der Waals surface area contributed by atoms with Gasteiger partial charge in [0, 0.05) is 26.0 Å². The summed E-state index contributed by atoms with van der Waals surface area (Å²) in [6.07, 6.45) is 4.18. The van der Waals surface area contributed by atoms with Crippen LogP contribution in [0.3, 0.4) is 0 Å². The first-order valence-corrected chi connectivity index (χ1v) is 5.72. The third-order valence-electron chi connectivity index (χ3n) is 2.42. The first-order valence-electron chi connectivity index (χ1n) is 5.72. The minimum atomic E-state index is 0.310. The molecule has 0 aliphatic carbocycles. The molecule has 2 rings (SSSR count). The molecule has 0 unspecified atom stereocenters. The molecule has 18 heavy (non-hydrogen) atoms. The van der Waals surface area contributed by atoms with Crippen molar-refractivity contribution in [1.82, 2.24) is 24.5 Å². The predicted molar refractivity (Wildman–Crippen MR) is 66.6 cm³/mol. The molecule has 0 bridgehead atoms. The molecule has 0 fully saturated rings. The lowest BCUT2D eigenvalue weighted by atomic mass is 10.4. The molecule has 0 saturated carbocycles. The van der Waals surface area contributed by atoms with Gasteiger partial charge in [-0.2, -0.15) is 15.0 Å². The Morgan fingerprint density at radius 3 is 2.78 bits per heavy atom. The minimum absolute atomic E-state index is 0.310. The number of hydrogen-bond donors (Lipinski definition) is 1. The molecule has 0 radical (unpaired) electrons. The number of aromatic nitrogens is 5. The highest BCUT2D eigenvalue weighted by atomic mass is 16.5. The average molecular weight is 248 g/mol. The number of imidazole rings is 1. The summed E-state index contributed by atoms with van der Waals surface area (Å²) in [4.78, 5) is 16.9. The van der Waals surface area contributed by atoms with Crippen LogP contribution in [0.2, 0.25) is 0 Å². The largest absolute Gasteiger partial charge is 0.467 e. The maximum absolute atomic E-state index is 5.06. The summed E-state index contributed by atoms with van der Waals surface area (Å²) in [5.74, 6) is 2.05. The average Bonchev–Trinajstić information content (AvgIpc) is 2.75. The van der Waals surface area contributed by atoms with Crippen LogP contribution in [-0.4, -0.2) is 38.2 Å². The van der Waals surface area contributed by atoms with Crippen LogP contribution in [0.25, 0.3) is 0 Å². The number of hydrogen-bond acceptors (Lipinski definition) is 6. The third kappa shape index (κ3) is 2.73. The Morgan fingerprint density at radius 2 is 2.17 bits per heavy atom.